The van der Waals surface area contributed by atoms with Gasteiger partial charge < -0.3 is 36.2 Å². The number of aromatic carboxylic acids is 2. The Morgan fingerprint density at radius 1 is 0.328 bits per heavy atom. The van der Waals surface area contributed by atoms with E-state index in [1.807, 2.05) is 50.2 Å². The summed E-state index contributed by atoms with van der Waals surface area (Å²) >= 11 is 0. The zero-order valence-electron chi connectivity index (χ0n) is 77.7. The van der Waals surface area contributed by atoms with Crippen LogP contribution in [0.1, 0.15) is 531 Å². The number of carbonyl (C=O) groups is 6. The molecule has 4 N–H and O–H groups in total. The first-order valence-corrected chi connectivity index (χ1v) is 49.4. The van der Waals surface area contributed by atoms with E-state index in [4.69, 9.17) is 20.4 Å². The van der Waals surface area contributed by atoms with Crippen molar-refractivity contribution in [1.29, 1.82) is 0 Å². The summed E-state index contributed by atoms with van der Waals surface area (Å²) in [7, 11) is 0. The van der Waals surface area contributed by atoms with Gasteiger partial charge in [-0.3, -0.25) is 19.2 Å². The van der Waals surface area contributed by atoms with E-state index in [1.165, 1.54) is 286 Å². The number of hydrogen-bond acceptors (Lipinski definition) is 10. The zero-order chi connectivity index (χ0) is 88.5. The summed E-state index contributed by atoms with van der Waals surface area (Å²) in [6.07, 6.45) is 74.8. The zero-order valence-corrected chi connectivity index (χ0v) is 78.7. The number of phenols is 2. The van der Waals surface area contributed by atoms with Gasteiger partial charge in [-0.25, -0.2) is 14.3 Å². The maximum atomic E-state index is 14.7. The largest absolute Gasteiger partial charge is 2.00 e. The summed E-state index contributed by atoms with van der Waals surface area (Å²) in [4.78, 5) is 79.5. The van der Waals surface area contributed by atoms with Crippen molar-refractivity contribution in [2.45, 2.75) is 460 Å². The minimum absolute atomic E-state index is 0. The Balaban J connectivity index is 0.00000145. The molecular weight excluding hydrogens is 1560 g/mol. The molecule has 0 unspecified atom stereocenters. The SMILES string of the molecule is CCCCCCCCCCCCCCCCCCCC=CC1=C(c2ccc(C(=O)CCCCCCCCCCC)c(C(=O)CCCCCCCCCCC)c2)[N+](=[N-])C(c2ccc(C(=O)CCCCCCCCCCC)c(C(=O)CCCCCCCCCCC)c2)=C1CC.CCCc1ccc(O)c([O-])c1C(=O)O.CCCc1ccc(O)c([O-])c1C(=O)O.[Ni+2]. The van der Waals surface area contributed by atoms with Gasteiger partial charge in [0, 0.05) is 64.6 Å². The number of phenolic OH excluding ortho intramolecular Hbond substituents is 2. The Labute approximate surface area is 750 Å². The van der Waals surface area contributed by atoms with Crippen molar-refractivity contribution in [3.05, 3.63) is 145 Å². The van der Waals surface area contributed by atoms with Crippen molar-refractivity contribution >= 4 is 46.5 Å². The fraction of sp³-hybridized carbons (Fsp3) is 0.664. The number of carboxylic acids is 2. The average molecular weight is 1730 g/mol. The first-order chi connectivity index (χ1) is 58.8. The van der Waals surface area contributed by atoms with Crippen LogP contribution in [0.3, 0.4) is 0 Å². The molecule has 122 heavy (non-hydrogen) atoms. The Kier molecular flexibility index (Phi) is 64.8. The number of hydrogen-bond donors (Lipinski definition) is 4. The van der Waals surface area contributed by atoms with Crippen LogP contribution in [-0.4, -0.2) is 60.2 Å². The van der Waals surface area contributed by atoms with Crippen LogP contribution in [0, 0.1) is 0 Å². The molecule has 1 aliphatic rings. The van der Waals surface area contributed by atoms with E-state index in [9.17, 15) is 44.5 Å². The average Bonchev–Trinajstić information content (AvgIpc) is 1.60. The van der Waals surface area contributed by atoms with Gasteiger partial charge in [-0.2, -0.15) is 0 Å². The molecular formula is C107H166N2NiO12. The Hall–Kier alpha value is -6.99. The molecule has 14 nitrogen and oxygen atoms in total. The number of carboxylic acid groups (broad SMARTS) is 2. The summed E-state index contributed by atoms with van der Waals surface area (Å²) in [5, 5.41) is 58.3. The molecule has 0 radical (unpaired) electrons. The van der Waals surface area contributed by atoms with Crippen molar-refractivity contribution < 1.29 is 80.6 Å². The molecule has 0 spiro atoms. The first kappa shape index (κ1) is 111. The van der Waals surface area contributed by atoms with Crippen LogP contribution in [0.5, 0.6) is 23.0 Å². The fourth-order valence-corrected chi connectivity index (χ4v) is 16.8. The number of aryl methyl sites for hydroxylation is 2. The maximum absolute atomic E-state index is 14.7. The van der Waals surface area contributed by atoms with Gasteiger partial charge in [0.2, 0.25) is 11.4 Å². The standard InChI is InChI=1S/C87H144N2O4.2C10H12O4.Ni/c1-7-13-18-23-28-33-34-35-36-37-38-39-40-41-42-47-48-53-58-63-79-76(12-6)86(74-68-70-77(82(90)64-59-54-49-43-29-24-19-14-8-2)80(72-74)84(92)66-61-56-51-45-31-26-21-16-10-4)89(88)87(79)75-69-71-78(83(91)65-60-55-50-44-30-25-20-15-9-3)81(73-75)85(93)67-62-57-52-46-32-27-22-17-11-5;2*1-2-3-6-4-5-7(11)9(12)8(6)10(13)14;/h58,63,68-73H,7-57,59-62,64-67H2,1-6H3;2*4-5,11-12H,2-3H2,1H3,(H,13,14);/q;;;+2/p-2. The number of carbonyl (C=O) groups excluding carboxylic acids is 4. The normalized spacial score (nSPS) is 12.0. The van der Waals surface area contributed by atoms with Crippen LogP contribution in [-0.2, 0) is 29.3 Å². The molecule has 0 atom stereocenters. The topological polar surface area (TPSA) is 255 Å². The minimum atomic E-state index is -1.28. The van der Waals surface area contributed by atoms with Gasteiger partial charge in [-0.15, -0.1) is 0 Å². The van der Waals surface area contributed by atoms with Gasteiger partial charge in [-0.05, 0) is 117 Å². The Morgan fingerprint density at radius 3 is 0.844 bits per heavy atom. The van der Waals surface area contributed by atoms with E-state index in [0.29, 0.717) is 101 Å². The quantitative estimate of drug-likeness (QED) is 0.0139. The van der Waals surface area contributed by atoms with Gasteiger partial charge in [0.25, 0.3) is 0 Å². The molecule has 5 rings (SSSR count). The monoisotopic (exact) mass is 1730 g/mol. The fourth-order valence-electron chi connectivity index (χ4n) is 16.8. The Bertz CT molecular complexity index is 3620. The van der Waals surface area contributed by atoms with Gasteiger partial charge in [0.05, 0.1) is 16.7 Å². The summed E-state index contributed by atoms with van der Waals surface area (Å²) in [5.74, 6) is -5.15. The molecule has 0 fully saturated rings. The molecule has 0 aromatic heterocycles. The second-order valence-corrected chi connectivity index (χ2v) is 34.6. The summed E-state index contributed by atoms with van der Waals surface area (Å²) in [6, 6.07) is 16.9. The van der Waals surface area contributed by atoms with Crippen molar-refractivity contribution in [3.63, 3.8) is 0 Å². The van der Waals surface area contributed by atoms with Gasteiger partial charge >= 0.3 is 28.4 Å². The molecule has 0 saturated heterocycles. The van der Waals surface area contributed by atoms with Crippen LogP contribution in [0.2, 0.25) is 0 Å². The molecule has 0 amide bonds. The van der Waals surface area contributed by atoms with E-state index in [-0.39, 0.29) is 50.8 Å². The number of nitrogens with zero attached hydrogens (tertiary/aromatic N) is 2. The van der Waals surface area contributed by atoms with E-state index in [1.54, 1.807) is 0 Å². The number of Topliss-reactive ketones (excluding diaryl/α,β-unsaturated/α-hetero) is 4. The predicted molar refractivity (Wildman–Crippen MR) is 500 cm³/mol. The summed E-state index contributed by atoms with van der Waals surface area (Å²) in [6.45, 7) is 17.2. The second kappa shape index (κ2) is 71.2. The number of allylic oxidation sites excluding steroid dienone is 4. The molecule has 1 heterocycles. The molecule has 686 valence electrons. The van der Waals surface area contributed by atoms with Crippen LogP contribution in [0.4, 0.5) is 0 Å². The molecule has 0 bridgehead atoms. The van der Waals surface area contributed by atoms with Crippen LogP contribution in [0.15, 0.2) is 84.0 Å². The number of benzene rings is 4. The van der Waals surface area contributed by atoms with Crippen LogP contribution >= 0.6 is 0 Å². The number of ketones is 4. The van der Waals surface area contributed by atoms with Gasteiger partial charge in [0.15, 0.2) is 23.1 Å². The molecule has 15 heteroatoms. The smallest absolute Gasteiger partial charge is 0.869 e. The molecule has 4 aromatic rings. The Morgan fingerprint density at radius 2 is 0.582 bits per heavy atom. The number of aromatic hydroxyl groups is 2. The number of rotatable bonds is 72. The third kappa shape index (κ3) is 44.7. The van der Waals surface area contributed by atoms with E-state index in [0.717, 1.165) is 114 Å². The molecule has 4 aromatic carbocycles. The third-order valence-corrected chi connectivity index (χ3v) is 24.1. The minimum Gasteiger partial charge on any atom is -0.869 e. The van der Waals surface area contributed by atoms with Crippen LogP contribution in [0.25, 0.3) is 16.9 Å². The molecule has 0 aliphatic carbocycles. The van der Waals surface area contributed by atoms with Gasteiger partial charge in [-0.1, -0.05) is 412 Å². The van der Waals surface area contributed by atoms with Crippen LogP contribution < -0.4 is 10.2 Å². The van der Waals surface area contributed by atoms with Crippen molar-refractivity contribution in [3.8, 4) is 23.0 Å². The summed E-state index contributed by atoms with van der Waals surface area (Å²) in [5.41, 5.74) is 19.6. The maximum Gasteiger partial charge on any atom is 2.00 e. The van der Waals surface area contributed by atoms with Crippen molar-refractivity contribution in [2.24, 2.45) is 0 Å². The summed E-state index contributed by atoms with van der Waals surface area (Å²) < 4.78 is 1.30. The van der Waals surface area contributed by atoms with Crippen molar-refractivity contribution in [2.75, 3.05) is 0 Å². The molecule has 0 saturated carbocycles. The second-order valence-electron chi connectivity index (χ2n) is 34.6. The third-order valence-electron chi connectivity index (χ3n) is 24.1. The van der Waals surface area contributed by atoms with Gasteiger partial charge in [0.1, 0.15) is 11.5 Å². The molecule has 1 aliphatic heterocycles. The van der Waals surface area contributed by atoms with Crippen molar-refractivity contribution in [1.82, 2.24) is 0 Å². The van der Waals surface area contributed by atoms with E-state index in [2.05, 4.69) is 53.7 Å². The van der Waals surface area contributed by atoms with E-state index >= 15 is 0 Å². The predicted octanol–water partition coefficient (Wildman–Crippen LogP) is 31.5. The first-order valence-electron chi connectivity index (χ1n) is 49.4. The number of unbranched alkanes of at least 4 members (excludes halogenated alkanes) is 49. The van der Waals surface area contributed by atoms with E-state index < -0.39 is 34.9 Å².